The Morgan fingerprint density at radius 1 is 1.10 bits per heavy atom. The van der Waals surface area contributed by atoms with Gasteiger partial charge in [0.15, 0.2) is 0 Å². The maximum Gasteiger partial charge on any atom is 0.0681 e. The van der Waals surface area contributed by atoms with Crippen molar-refractivity contribution in [3.8, 4) is 0 Å². The summed E-state index contributed by atoms with van der Waals surface area (Å²) in [4.78, 5) is 0. The van der Waals surface area contributed by atoms with Crippen molar-refractivity contribution in [1.82, 2.24) is 5.32 Å². The van der Waals surface area contributed by atoms with Gasteiger partial charge in [-0.15, -0.1) is 0 Å². The van der Waals surface area contributed by atoms with Crippen LogP contribution in [0.15, 0.2) is 48.5 Å². The van der Waals surface area contributed by atoms with Gasteiger partial charge in [0.25, 0.3) is 0 Å². The molecule has 0 bridgehead atoms. The number of benzene rings is 2. The summed E-state index contributed by atoms with van der Waals surface area (Å²) in [5.41, 5.74) is 3.37. The van der Waals surface area contributed by atoms with E-state index in [2.05, 4.69) is 18.3 Å². The summed E-state index contributed by atoms with van der Waals surface area (Å²) in [6.45, 7) is 3.05. The number of aliphatic hydroxyl groups is 1. The zero-order chi connectivity index (χ0) is 14.4. The van der Waals surface area contributed by atoms with Gasteiger partial charge in [0.05, 0.1) is 6.61 Å². The molecule has 0 amide bonds. The zero-order valence-corrected chi connectivity index (χ0v) is 12.4. The van der Waals surface area contributed by atoms with Crippen LogP contribution in [0.2, 0.25) is 5.02 Å². The first-order chi connectivity index (χ1) is 9.72. The first-order valence-electron chi connectivity index (χ1n) is 6.90. The van der Waals surface area contributed by atoms with Gasteiger partial charge in [0, 0.05) is 17.6 Å². The van der Waals surface area contributed by atoms with Crippen molar-refractivity contribution >= 4 is 11.6 Å². The van der Waals surface area contributed by atoms with Crippen LogP contribution in [-0.2, 0) is 13.2 Å². The third-order valence-corrected chi connectivity index (χ3v) is 3.65. The van der Waals surface area contributed by atoms with Crippen LogP contribution in [0.25, 0.3) is 0 Å². The third-order valence-electron chi connectivity index (χ3n) is 3.42. The molecule has 0 saturated heterocycles. The van der Waals surface area contributed by atoms with Crippen molar-refractivity contribution in [2.45, 2.75) is 32.5 Å². The van der Waals surface area contributed by atoms with E-state index >= 15 is 0 Å². The van der Waals surface area contributed by atoms with Gasteiger partial charge in [-0.1, -0.05) is 54.9 Å². The molecule has 0 spiro atoms. The van der Waals surface area contributed by atoms with Crippen LogP contribution in [-0.4, -0.2) is 5.11 Å². The summed E-state index contributed by atoms with van der Waals surface area (Å²) >= 11 is 6.04. The summed E-state index contributed by atoms with van der Waals surface area (Å²) in [5, 5.41) is 13.3. The third kappa shape index (κ3) is 4.07. The first kappa shape index (κ1) is 15.0. The molecule has 2 rings (SSSR count). The van der Waals surface area contributed by atoms with E-state index in [0.717, 1.165) is 23.6 Å². The Bertz CT molecular complexity index is 539. The first-order valence-corrected chi connectivity index (χ1v) is 7.28. The highest BCUT2D eigenvalue weighted by molar-refractivity contribution is 6.30. The largest absolute Gasteiger partial charge is 0.392 e. The smallest absolute Gasteiger partial charge is 0.0681 e. The molecular weight excluding hydrogens is 270 g/mol. The highest BCUT2D eigenvalue weighted by Crippen LogP contribution is 2.20. The molecule has 2 aromatic carbocycles. The summed E-state index contributed by atoms with van der Waals surface area (Å²) in [6, 6.07) is 16.3. The summed E-state index contributed by atoms with van der Waals surface area (Å²) in [7, 11) is 0. The Morgan fingerprint density at radius 3 is 2.40 bits per heavy atom. The van der Waals surface area contributed by atoms with Crippen LogP contribution < -0.4 is 5.32 Å². The topological polar surface area (TPSA) is 32.3 Å². The van der Waals surface area contributed by atoms with Gasteiger partial charge in [-0.25, -0.2) is 0 Å². The van der Waals surface area contributed by atoms with E-state index < -0.39 is 0 Å². The standard InChI is InChI=1S/C17H20ClNO/c1-2-17(15-4-3-5-16(18)10-15)19-11-13-6-8-14(12-20)9-7-13/h3-10,17,19-20H,2,11-12H2,1H3. The minimum absolute atomic E-state index is 0.0911. The van der Waals surface area contributed by atoms with Crippen LogP contribution in [0.4, 0.5) is 0 Å². The molecule has 1 unspecified atom stereocenters. The van der Waals surface area contributed by atoms with E-state index in [-0.39, 0.29) is 6.61 Å². The average molecular weight is 290 g/mol. The van der Waals surface area contributed by atoms with Crippen LogP contribution in [0, 0.1) is 0 Å². The molecular formula is C17H20ClNO. The quantitative estimate of drug-likeness (QED) is 0.840. The van der Waals surface area contributed by atoms with Crippen LogP contribution in [0.3, 0.4) is 0 Å². The van der Waals surface area contributed by atoms with E-state index in [0.29, 0.717) is 6.04 Å². The number of hydrogen-bond acceptors (Lipinski definition) is 2. The second-order valence-electron chi connectivity index (χ2n) is 4.87. The Balaban J connectivity index is 1.99. The highest BCUT2D eigenvalue weighted by Gasteiger charge is 2.08. The molecule has 0 aromatic heterocycles. The maximum absolute atomic E-state index is 9.03. The maximum atomic E-state index is 9.03. The van der Waals surface area contributed by atoms with Gasteiger partial charge in [-0.05, 0) is 35.2 Å². The monoisotopic (exact) mass is 289 g/mol. The van der Waals surface area contributed by atoms with Gasteiger partial charge < -0.3 is 10.4 Å². The predicted molar refractivity (Wildman–Crippen MR) is 83.7 cm³/mol. The molecule has 106 valence electrons. The van der Waals surface area contributed by atoms with E-state index in [1.165, 1.54) is 11.1 Å². The normalized spacial score (nSPS) is 12.3. The molecule has 0 saturated carbocycles. The fourth-order valence-electron chi connectivity index (χ4n) is 2.22. The van der Waals surface area contributed by atoms with Crippen molar-refractivity contribution in [3.63, 3.8) is 0 Å². The van der Waals surface area contributed by atoms with E-state index in [1.807, 2.05) is 42.5 Å². The van der Waals surface area contributed by atoms with Crippen LogP contribution in [0.1, 0.15) is 36.1 Å². The number of hydrogen-bond donors (Lipinski definition) is 2. The SMILES string of the molecule is CCC(NCc1ccc(CO)cc1)c1cccc(Cl)c1. The molecule has 0 aliphatic rings. The zero-order valence-electron chi connectivity index (χ0n) is 11.6. The second kappa shape index (κ2) is 7.44. The van der Waals surface area contributed by atoms with Crippen molar-refractivity contribution in [2.75, 3.05) is 0 Å². The Labute approximate surface area is 125 Å². The summed E-state index contributed by atoms with van der Waals surface area (Å²) < 4.78 is 0. The molecule has 0 heterocycles. The second-order valence-corrected chi connectivity index (χ2v) is 5.31. The average Bonchev–Trinajstić information content (AvgIpc) is 2.48. The van der Waals surface area contributed by atoms with E-state index in [9.17, 15) is 0 Å². The van der Waals surface area contributed by atoms with Gasteiger partial charge in [-0.3, -0.25) is 0 Å². The molecule has 0 aliphatic carbocycles. The minimum atomic E-state index is 0.0911. The lowest BCUT2D eigenvalue weighted by molar-refractivity contribution is 0.282. The van der Waals surface area contributed by atoms with Crippen molar-refractivity contribution < 1.29 is 5.11 Å². The van der Waals surface area contributed by atoms with Gasteiger partial charge >= 0.3 is 0 Å². The highest BCUT2D eigenvalue weighted by atomic mass is 35.5. The van der Waals surface area contributed by atoms with Crippen molar-refractivity contribution in [3.05, 3.63) is 70.2 Å². The Morgan fingerprint density at radius 2 is 1.80 bits per heavy atom. The van der Waals surface area contributed by atoms with Crippen molar-refractivity contribution in [2.24, 2.45) is 0 Å². The molecule has 2 aromatic rings. The minimum Gasteiger partial charge on any atom is -0.392 e. The van der Waals surface area contributed by atoms with E-state index in [4.69, 9.17) is 16.7 Å². The molecule has 2 nitrogen and oxygen atoms in total. The summed E-state index contributed by atoms with van der Waals surface area (Å²) in [6.07, 6.45) is 1.01. The lowest BCUT2D eigenvalue weighted by Gasteiger charge is -2.18. The molecule has 0 aliphatic heterocycles. The molecule has 2 N–H and O–H groups in total. The Kier molecular flexibility index (Phi) is 5.60. The van der Waals surface area contributed by atoms with Gasteiger partial charge in [0.2, 0.25) is 0 Å². The number of rotatable bonds is 6. The number of halogens is 1. The van der Waals surface area contributed by atoms with Gasteiger partial charge in [0.1, 0.15) is 0 Å². The van der Waals surface area contributed by atoms with Crippen LogP contribution in [0.5, 0.6) is 0 Å². The molecule has 0 radical (unpaired) electrons. The fraction of sp³-hybridized carbons (Fsp3) is 0.294. The Hall–Kier alpha value is -1.35. The fourth-order valence-corrected chi connectivity index (χ4v) is 2.42. The van der Waals surface area contributed by atoms with Crippen LogP contribution >= 0.6 is 11.6 Å². The molecule has 20 heavy (non-hydrogen) atoms. The summed E-state index contributed by atoms with van der Waals surface area (Å²) in [5.74, 6) is 0. The van der Waals surface area contributed by atoms with Gasteiger partial charge in [-0.2, -0.15) is 0 Å². The molecule has 1 atom stereocenters. The van der Waals surface area contributed by atoms with Crippen molar-refractivity contribution in [1.29, 1.82) is 0 Å². The lowest BCUT2D eigenvalue weighted by atomic mass is 10.0. The number of aliphatic hydroxyl groups excluding tert-OH is 1. The predicted octanol–water partition coefficient (Wildman–Crippen LogP) is 4.07. The lowest BCUT2D eigenvalue weighted by Crippen LogP contribution is -2.20. The number of nitrogens with one attached hydrogen (secondary N) is 1. The van der Waals surface area contributed by atoms with E-state index in [1.54, 1.807) is 0 Å². The molecule has 3 heteroatoms. The molecule has 0 fully saturated rings.